The van der Waals surface area contributed by atoms with Crippen molar-refractivity contribution < 1.29 is 0 Å². The molecule has 2 heteroatoms. The zero-order chi connectivity index (χ0) is 27.9. The fourth-order valence-corrected chi connectivity index (χ4v) is 9.28. The predicted octanol–water partition coefficient (Wildman–Crippen LogP) is 12.1. The summed E-state index contributed by atoms with van der Waals surface area (Å²) in [6, 6.07) is 5.23. The second-order valence-corrected chi connectivity index (χ2v) is 13.3. The van der Waals surface area contributed by atoms with Crippen LogP contribution in [-0.4, -0.2) is 0 Å². The molecule has 0 heterocycles. The molecule has 0 aromatic heterocycles. The van der Waals surface area contributed by atoms with Gasteiger partial charge >= 0.3 is 0 Å². The Labute approximate surface area is 245 Å². The molecule has 0 radical (unpaired) electrons. The Morgan fingerprint density at radius 1 is 0.342 bits per heavy atom. The SMILES string of the molecule is CCCc1cc(CCC)c(CCC)c(SSc2c(CCC)c(CCC)cc(CCC)c2CCC)c1CCC. The van der Waals surface area contributed by atoms with Crippen molar-refractivity contribution >= 4 is 21.6 Å². The van der Waals surface area contributed by atoms with Gasteiger partial charge in [-0.25, -0.2) is 0 Å². The summed E-state index contributed by atoms with van der Waals surface area (Å²) >= 11 is 0. The van der Waals surface area contributed by atoms with E-state index in [9.17, 15) is 0 Å². The summed E-state index contributed by atoms with van der Waals surface area (Å²) in [5.41, 5.74) is 13.2. The number of hydrogen-bond acceptors (Lipinski definition) is 2. The number of rotatable bonds is 19. The van der Waals surface area contributed by atoms with Crippen LogP contribution in [0.2, 0.25) is 0 Å². The summed E-state index contributed by atoms with van der Waals surface area (Å²) < 4.78 is 0. The maximum atomic E-state index is 2.62. The molecule has 0 aliphatic rings. The minimum Gasteiger partial charge on any atom is -0.0651 e. The molecular weight excluding hydrogens is 497 g/mol. The molecule has 2 aromatic carbocycles. The molecule has 0 fully saturated rings. The Morgan fingerprint density at radius 3 is 0.737 bits per heavy atom. The van der Waals surface area contributed by atoms with Crippen molar-refractivity contribution in [2.24, 2.45) is 0 Å². The minimum atomic E-state index is 1.21. The third-order valence-electron chi connectivity index (χ3n) is 7.63. The molecule has 0 saturated heterocycles. The van der Waals surface area contributed by atoms with Gasteiger partial charge in [0.05, 0.1) is 0 Å². The highest BCUT2D eigenvalue weighted by Gasteiger charge is 2.22. The molecule has 0 bridgehead atoms. The van der Waals surface area contributed by atoms with Gasteiger partial charge in [0.25, 0.3) is 0 Å². The van der Waals surface area contributed by atoms with Crippen LogP contribution < -0.4 is 0 Å². The van der Waals surface area contributed by atoms with Crippen molar-refractivity contribution in [3.8, 4) is 0 Å². The second-order valence-electron chi connectivity index (χ2n) is 11.1. The van der Waals surface area contributed by atoms with Gasteiger partial charge in [0.15, 0.2) is 0 Å². The standard InChI is InChI=1S/C36H58S2/c1-9-17-27-25-28(18-10-2)32(22-14-6)35(31(27)21-13-5)37-38-36-33(23-15-7)29(19-11-3)26-30(20-12-4)34(36)24-16-8/h25-26H,9-24H2,1-8H3. The fourth-order valence-electron chi connectivity index (χ4n) is 6.07. The topological polar surface area (TPSA) is 0 Å². The molecule has 0 unspecified atom stereocenters. The molecule has 0 saturated carbocycles. The van der Waals surface area contributed by atoms with Gasteiger partial charge in [0, 0.05) is 9.79 Å². The minimum absolute atomic E-state index is 1.21. The molecule has 38 heavy (non-hydrogen) atoms. The monoisotopic (exact) mass is 554 g/mol. The van der Waals surface area contributed by atoms with Gasteiger partial charge in [0.2, 0.25) is 0 Å². The molecule has 0 amide bonds. The van der Waals surface area contributed by atoms with Gasteiger partial charge in [-0.15, -0.1) is 0 Å². The first-order chi connectivity index (χ1) is 18.5. The lowest BCUT2D eigenvalue weighted by atomic mass is 9.90. The lowest BCUT2D eigenvalue weighted by molar-refractivity contribution is 0.794. The quantitative estimate of drug-likeness (QED) is 0.158. The highest BCUT2D eigenvalue weighted by atomic mass is 33.1. The molecule has 2 rings (SSSR count). The lowest BCUT2D eigenvalue weighted by Gasteiger charge is -2.24. The van der Waals surface area contributed by atoms with Crippen LogP contribution in [0.25, 0.3) is 0 Å². The van der Waals surface area contributed by atoms with E-state index in [0.717, 1.165) is 0 Å². The maximum Gasteiger partial charge on any atom is 0.0255 e. The van der Waals surface area contributed by atoms with Crippen molar-refractivity contribution in [1.29, 1.82) is 0 Å². The van der Waals surface area contributed by atoms with Crippen LogP contribution in [0.3, 0.4) is 0 Å². The Bertz CT molecular complexity index is 824. The number of hydrogen-bond donors (Lipinski definition) is 0. The first kappa shape index (κ1) is 33.3. The first-order valence-corrected chi connectivity index (χ1v) is 18.4. The number of aryl methyl sites for hydroxylation is 4. The van der Waals surface area contributed by atoms with Crippen LogP contribution in [0.5, 0.6) is 0 Å². The van der Waals surface area contributed by atoms with Crippen LogP contribution in [0.1, 0.15) is 151 Å². The molecule has 0 N–H and O–H groups in total. The second kappa shape index (κ2) is 18.5. The van der Waals surface area contributed by atoms with E-state index in [0.29, 0.717) is 0 Å². The van der Waals surface area contributed by atoms with Crippen LogP contribution in [-0.2, 0) is 51.4 Å². The zero-order valence-electron chi connectivity index (χ0n) is 26.3. The predicted molar refractivity (Wildman–Crippen MR) is 177 cm³/mol. The summed E-state index contributed by atoms with van der Waals surface area (Å²) in [6.07, 6.45) is 19.5. The summed E-state index contributed by atoms with van der Waals surface area (Å²) in [5, 5.41) is 0. The van der Waals surface area contributed by atoms with E-state index in [-0.39, 0.29) is 0 Å². The molecular formula is C36H58S2. The van der Waals surface area contributed by atoms with Crippen LogP contribution in [0.4, 0.5) is 0 Å². The summed E-state index contributed by atoms with van der Waals surface area (Å²) in [6.45, 7) is 18.8. The van der Waals surface area contributed by atoms with E-state index in [1.165, 1.54) is 103 Å². The summed E-state index contributed by atoms with van der Waals surface area (Å²) in [4.78, 5) is 3.27. The van der Waals surface area contributed by atoms with Crippen molar-refractivity contribution in [1.82, 2.24) is 0 Å². The third-order valence-corrected chi connectivity index (χ3v) is 10.3. The van der Waals surface area contributed by atoms with E-state index >= 15 is 0 Å². The largest absolute Gasteiger partial charge is 0.0651 e. The molecule has 2 aromatic rings. The van der Waals surface area contributed by atoms with Gasteiger partial charge in [-0.2, -0.15) is 0 Å². The summed E-state index contributed by atoms with van der Waals surface area (Å²) in [7, 11) is 4.27. The van der Waals surface area contributed by atoms with Gasteiger partial charge in [-0.05, 0) is 95.9 Å². The van der Waals surface area contributed by atoms with Gasteiger partial charge < -0.3 is 0 Å². The fraction of sp³-hybridized carbons (Fsp3) is 0.667. The van der Waals surface area contributed by atoms with Crippen molar-refractivity contribution in [2.45, 2.75) is 168 Å². The van der Waals surface area contributed by atoms with Crippen LogP contribution >= 0.6 is 21.6 Å². The average Bonchev–Trinajstić information content (AvgIpc) is 2.90. The van der Waals surface area contributed by atoms with E-state index in [1.807, 2.05) is 0 Å². The van der Waals surface area contributed by atoms with E-state index < -0.39 is 0 Å². The molecule has 0 nitrogen and oxygen atoms in total. The molecule has 214 valence electrons. The Balaban J connectivity index is 2.77. The molecule has 0 aliphatic heterocycles. The van der Waals surface area contributed by atoms with Crippen molar-refractivity contribution in [2.75, 3.05) is 0 Å². The van der Waals surface area contributed by atoms with Crippen LogP contribution in [0.15, 0.2) is 21.9 Å². The molecule has 0 aliphatic carbocycles. The lowest BCUT2D eigenvalue weighted by Crippen LogP contribution is -2.07. The third kappa shape index (κ3) is 8.82. The van der Waals surface area contributed by atoms with Gasteiger partial charge in [-0.1, -0.05) is 140 Å². The summed E-state index contributed by atoms with van der Waals surface area (Å²) in [5.74, 6) is 0. The maximum absolute atomic E-state index is 2.62. The highest BCUT2D eigenvalue weighted by molar-refractivity contribution is 8.76. The van der Waals surface area contributed by atoms with Crippen LogP contribution in [0, 0.1) is 0 Å². The number of benzene rings is 2. The van der Waals surface area contributed by atoms with Gasteiger partial charge in [0.1, 0.15) is 0 Å². The zero-order valence-corrected chi connectivity index (χ0v) is 27.9. The Morgan fingerprint density at radius 2 is 0.553 bits per heavy atom. The highest BCUT2D eigenvalue weighted by Crippen LogP contribution is 2.48. The average molecular weight is 555 g/mol. The van der Waals surface area contributed by atoms with E-state index in [1.54, 1.807) is 54.3 Å². The normalized spacial score (nSPS) is 11.5. The smallest absolute Gasteiger partial charge is 0.0255 e. The first-order valence-electron chi connectivity index (χ1n) is 16.2. The van der Waals surface area contributed by atoms with E-state index in [4.69, 9.17) is 0 Å². The Kier molecular flexibility index (Phi) is 16.2. The van der Waals surface area contributed by atoms with E-state index in [2.05, 4.69) is 89.1 Å². The van der Waals surface area contributed by atoms with Crippen molar-refractivity contribution in [3.05, 3.63) is 56.6 Å². The van der Waals surface area contributed by atoms with Gasteiger partial charge in [-0.3, -0.25) is 0 Å². The Hall–Kier alpha value is -0.860. The molecule has 0 atom stereocenters. The molecule has 0 spiro atoms. The van der Waals surface area contributed by atoms with Crippen molar-refractivity contribution in [3.63, 3.8) is 0 Å².